The van der Waals surface area contributed by atoms with Gasteiger partial charge in [0.1, 0.15) is 5.82 Å². The highest BCUT2D eigenvalue weighted by molar-refractivity contribution is 6.32. The number of benzene rings is 1. The summed E-state index contributed by atoms with van der Waals surface area (Å²) in [4.78, 5) is 26.5. The van der Waals surface area contributed by atoms with Crippen LogP contribution in [0.5, 0.6) is 0 Å². The Kier molecular flexibility index (Phi) is 6.33. The number of carbonyl (C=O) groups is 2. The van der Waals surface area contributed by atoms with Crippen LogP contribution in [0.15, 0.2) is 35.0 Å². The van der Waals surface area contributed by atoms with Crippen molar-refractivity contribution in [2.24, 2.45) is 0 Å². The third kappa shape index (κ3) is 3.91. The molecule has 0 unspecified atom stereocenters. The van der Waals surface area contributed by atoms with E-state index in [-0.39, 0.29) is 34.9 Å². The first-order valence-electron chi connectivity index (χ1n) is 7.77. The quantitative estimate of drug-likeness (QED) is 0.572. The number of carbonyl (C=O) groups excluding carboxylic acids is 2. The Morgan fingerprint density at radius 1 is 1.40 bits per heavy atom. The molecule has 0 N–H and O–H groups in total. The van der Waals surface area contributed by atoms with E-state index in [9.17, 15) is 14.0 Å². The van der Waals surface area contributed by atoms with E-state index < -0.39 is 17.7 Å². The monoisotopic (exact) mass is 367 g/mol. The highest BCUT2D eigenvalue weighted by Crippen LogP contribution is 2.33. The first-order chi connectivity index (χ1) is 11.9. The van der Waals surface area contributed by atoms with E-state index in [0.29, 0.717) is 12.3 Å². The molecule has 0 aliphatic carbocycles. The van der Waals surface area contributed by atoms with E-state index in [4.69, 9.17) is 21.1 Å². The maximum atomic E-state index is 14.1. The van der Waals surface area contributed by atoms with Gasteiger partial charge in [-0.3, -0.25) is 4.79 Å². The van der Waals surface area contributed by atoms with Crippen molar-refractivity contribution in [2.45, 2.75) is 13.8 Å². The zero-order chi connectivity index (χ0) is 18.6. The van der Waals surface area contributed by atoms with E-state index in [1.165, 1.54) is 36.3 Å². The van der Waals surface area contributed by atoms with Crippen LogP contribution in [0.2, 0.25) is 5.02 Å². The molecule has 134 valence electrons. The minimum absolute atomic E-state index is 0.0516. The lowest BCUT2D eigenvalue weighted by molar-refractivity contribution is -0.138. The van der Waals surface area contributed by atoms with Crippen LogP contribution in [-0.2, 0) is 19.1 Å². The fraction of sp³-hybridized carbons (Fsp3) is 0.333. The molecule has 1 heterocycles. The summed E-state index contributed by atoms with van der Waals surface area (Å²) in [6.45, 7) is 4.04. The third-order valence-corrected chi connectivity index (χ3v) is 4.13. The average molecular weight is 368 g/mol. The molecule has 0 bridgehead atoms. The second kappa shape index (κ2) is 8.27. The number of amides is 1. The molecule has 0 atom stereocenters. The Balaban J connectivity index is 2.55. The van der Waals surface area contributed by atoms with Crippen LogP contribution in [0.3, 0.4) is 0 Å². The van der Waals surface area contributed by atoms with Gasteiger partial charge in [-0.1, -0.05) is 17.7 Å². The van der Waals surface area contributed by atoms with Gasteiger partial charge in [-0.2, -0.15) is 0 Å². The Bertz CT molecular complexity index is 737. The SMILES string of the molecule is CCOC(=O)C1=C(C)N(CCOC)C(=O)/C1=C/c1c(F)cccc1Cl. The van der Waals surface area contributed by atoms with Crippen molar-refractivity contribution in [3.63, 3.8) is 0 Å². The fourth-order valence-electron chi connectivity index (χ4n) is 2.57. The standard InChI is InChI=1S/C18H19ClFNO4/c1-4-25-18(23)16-11(2)21(8-9-24-3)17(22)13(16)10-12-14(19)6-5-7-15(12)20/h5-7,10H,4,8-9H2,1-3H3/b13-10+. The number of ether oxygens (including phenoxy) is 2. The summed E-state index contributed by atoms with van der Waals surface area (Å²) in [6, 6.07) is 4.22. The molecule has 1 aromatic carbocycles. The Morgan fingerprint density at radius 3 is 2.72 bits per heavy atom. The van der Waals surface area contributed by atoms with Crippen molar-refractivity contribution in [1.82, 2.24) is 4.90 Å². The lowest BCUT2D eigenvalue weighted by atomic mass is 10.0. The largest absolute Gasteiger partial charge is 0.462 e. The smallest absolute Gasteiger partial charge is 0.340 e. The summed E-state index contributed by atoms with van der Waals surface area (Å²) >= 11 is 6.04. The minimum atomic E-state index is -0.632. The van der Waals surface area contributed by atoms with E-state index >= 15 is 0 Å². The summed E-state index contributed by atoms with van der Waals surface area (Å²) in [5.41, 5.74) is 0.663. The number of esters is 1. The molecular weight excluding hydrogens is 349 g/mol. The Morgan fingerprint density at radius 2 is 2.12 bits per heavy atom. The van der Waals surface area contributed by atoms with Crippen LogP contribution < -0.4 is 0 Å². The molecule has 25 heavy (non-hydrogen) atoms. The Labute approximate surface area is 150 Å². The lowest BCUT2D eigenvalue weighted by Crippen LogP contribution is -2.28. The van der Waals surface area contributed by atoms with Gasteiger partial charge in [0, 0.05) is 24.9 Å². The summed E-state index contributed by atoms with van der Waals surface area (Å²) in [6.07, 6.45) is 1.29. The average Bonchev–Trinajstić information content (AvgIpc) is 2.80. The molecular formula is C18H19ClFNO4. The molecule has 1 aliphatic heterocycles. The summed E-state index contributed by atoms with van der Waals surface area (Å²) in [5, 5.41) is 0.150. The van der Waals surface area contributed by atoms with Crippen LogP contribution in [0, 0.1) is 5.82 Å². The van der Waals surface area contributed by atoms with Gasteiger partial charge in [0.05, 0.1) is 29.4 Å². The van der Waals surface area contributed by atoms with E-state index in [0.717, 1.165) is 0 Å². The maximum absolute atomic E-state index is 14.1. The maximum Gasteiger partial charge on any atom is 0.340 e. The van der Waals surface area contributed by atoms with E-state index in [2.05, 4.69) is 0 Å². The second-order valence-electron chi connectivity index (χ2n) is 5.32. The van der Waals surface area contributed by atoms with Gasteiger partial charge in [-0.15, -0.1) is 0 Å². The first kappa shape index (κ1) is 19.1. The molecule has 0 aromatic heterocycles. The number of methoxy groups -OCH3 is 1. The van der Waals surface area contributed by atoms with Crippen LogP contribution in [0.1, 0.15) is 19.4 Å². The van der Waals surface area contributed by atoms with Crippen molar-refractivity contribution in [3.8, 4) is 0 Å². The van der Waals surface area contributed by atoms with Crippen LogP contribution in [-0.4, -0.2) is 43.6 Å². The minimum Gasteiger partial charge on any atom is -0.462 e. The molecule has 0 saturated carbocycles. The number of rotatable bonds is 6. The molecule has 7 heteroatoms. The highest BCUT2D eigenvalue weighted by Gasteiger charge is 2.37. The van der Waals surface area contributed by atoms with Gasteiger partial charge in [-0.05, 0) is 32.1 Å². The van der Waals surface area contributed by atoms with Crippen LogP contribution in [0.4, 0.5) is 4.39 Å². The predicted molar refractivity (Wildman–Crippen MR) is 92.3 cm³/mol. The molecule has 2 rings (SSSR count). The van der Waals surface area contributed by atoms with E-state index in [1.807, 2.05) is 0 Å². The number of allylic oxidation sites excluding steroid dienone is 1. The van der Waals surface area contributed by atoms with Gasteiger partial charge in [-0.25, -0.2) is 9.18 Å². The van der Waals surface area contributed by atoms with Gasteiger partial charge < -0.3 is 14.4 Å². The topological polar surface area (TPSA) is 55.8 Å². The van der Waals surface area contributed by atoms with Gasteiger partial charge >= 0.3 is 5.97 Å². The van der Waals surface area contributed by atoms with Crippen molar-refractivity contribution < 1.29 is 23.5 Å². The lowest BCUT2D eigenvalue weighted by Gasteiger charge is -2.16. The predicted octanol–water partition coefficient (Wildman–Crippen LogP) is 3.19. The Hall–Kier alpha value is -2.18. The van der Waals surface area contributed by atoms with Crippen LogP contribution in [0.25, 0.3) is 6.08 Å². The zero-order valence-corrected chi connectivity index (χ0v) is 15.0. The van der Waals surface area contributed by atoms with Gasteiger partial charge in [0.15, 0.2) is 0 Å². The molecule has 5 nitrogen and oxygen atoms in total. The summed E-state index contributed by atoms with van der Waals surface area (Å²) < 4.78 is 24.2. The molecule has 0 saturated heterocycles. The van der Waals surface area contributed by atoms with Crippen molar-refractivity contribution in [2.75, 3.05) is 26.9 Å². The molecule has 1 aliphatic rings. The summed E-state index contributed by atoms with van der Waals surface area (Å²) in [5.74, 6) is -1.63. The number of nitrogens with zero attached hydrogens (tertiary/aromatic N) is 1. The molecule has 0 radical (unpaired) electrons. The number of hydrogen-bond acceptors (Lipinski definition) is 4. The van der Waals surface area contributed by atoms with Crippen molar-refractivity contribution >= 4 is 29.6 Å². The third-order valence-electron chi connectivity index (χ3n) is 3.80. The molecule has 0 fully saturated rings. The number of hydrogen-bond donors (Lipinski definition) is 0. The fourth-order valence-corrected chi connectivity index (χ4v) is 2.79. The van der Waals surface area contributed by atoms with Crippen molar-refractivity contribution in [3.05, 3.63) is 51.4 Å². The van der Waals surface area contributed by atoms with E-state index in [1.54, 1.807) is 13.8 Å². The second-order valence-corrected chi connectivity index (χ2v) is 5.73. The number of halogens is 2. The zero-order valence-electron chi connectivity index (χ0n) is 14.3. The highest BCUT2D eigenvalue weighted by atomic mass is 35.5. The van der Waals surface area contributed by atoms with Crippen molar-refractivity contribution in [1.29, 1.82) is 0 Å². The summed E-state index contributed by atoms with van der Waals surface area (Å²) in [7, 11) is 1.52. The van der Waals surface area contributed by atoms with Gasteiger partial charge in [0.25, 0.3) is 5.91 Å². The molecule has 0 spiro atoms. The van der Waals surface area contributed by atoms with Crippen LogP contribution >= 0.6 is 11.6 Å². The normalized spacial score (nSPS) is 16.1. The molecule has 1 amide bonds. The van der Waals surface area contributed by atoms with Gasteiger partial charge in [0.2, 0.25) is 0 Å². The first-order valence-corrected chi connectivity index (χ1v) is 8.15. The molecule has 1 aromatic rings.